The maximum atomic E-state index is 13.8. The normalized spacial score (nSPS) is 11.8. The summed E-state index contributed by atoms with van der Waals surface area (Å²) in [5.41, 5.74) is 2.16. The molecule has 0 fully saturated rings. The van der Waals surface area contributed by atoms with Crippen LogP contribution in [0.2, 0.25) is 10.0 Å². The van der Waals surface area contributed by atoms with Crippen LogP contribution in [0.15, 0.2) is 30.3 Å². The van der Waals surface area contributed by atoms with E-state index in [0.29, 0.717) is 21.3 Å². The molecule has 2 aromatic carbocycles. The number of halogens is 3. The Bertz CT molecular complexity index is 723. The van der Waals surface area contributed by atoms with Crippen molar-refractivity contribution in [2.45, 2.75) is 19.9 Å². The zero-order chi connectivity index (χ0) is 15.6. The molecule has 0 aromatic heterocycles. The van der Waals surface area contributed by atoms with Crippen molar-refractivity contribution in [2.24, 2.45) is 0 Å². The molecule has 0 spiro atoms. The first kappa shape index (κ1) is 15.6. The Morgan fingerprint density at radius 2 is 1.95 bits per heavy atom. The molecule has 5 heteroatoms. The first-order valence-corrected chi connectivity index (χ1v) is 7.09. The molecule has 0 aliphatic rings. The van der Waals surface area contributed by atoms with Gasteiger partial charge in [0.2, 0.25) is 0 Å². The van der Waals surface area contributed by atoms with E-state index >= 15 is 0 Å². The zero-order valence-corrected chi connectivity index (χ0v) is 13.1. The Morgan fingerprint density at radius 1 is 1.24 bits per heavy atom. The molecule has 1 N–H and O–H groups in total. The summed E-state index contributed by atoms with van der Waals surface area (Å²) >= 11 is 12.0. The van der Waals surface area contributed by atoms with E-state index in [9.17, 15) is 4.39 Å². The van der Waals surface area contributed by atoms with Crippen molar-refractivity contribution in [3.63, 3.8) is 0 Å². The van der Waals surface area contributed by atoms with Crippen molar-refractivity contribution in [3.05, 3.63) is 62.9 Å². The quantitative estimate of drug-likeness (QED) is 0.811. The van der Waals surface area contributed by atoms with E-state index in [0.717, 1.165) is 5.56 Å². The SMILES string of the molecule is Cc1c(F)cc(C#N)cc1NC(C)c1ccc(Cl)cc1Cl. The van der Waals surface area contributed by atoms with Crippen LogP contribution in [0.3, 0.4) is 0 Å². The van der Waals surface area contributed by atoms with E-state index in [1.807, 2.05) is 19.1 Å². The maximum absolute atomic E-state index is 13.8. The van der Waals surface area contributed by atoms with Crippen LogP contribution in [0.25, 0.3) is 0 Å². The number of anilines is 1. The number of rotatable bonds is 3. The zero-order valence-electron chi connectivity index (χ0n) is 11.5. The maximum Gasteiger partial charge on any atom is 0.129 e. The monoisotopic (exact) mass is 322 g/mol. The minimum absolute atomic E-state index is 0.151. The fraction of sp³-hybridized carbons (Fsp3) is 0.188. The van der Waals surface area contributed by atoms with Crippen LogP contribution in [0, 0.1) is 24.1 Å². The van der Waals surface area contributed by atoms with E-state index in [2.05, 4.69) is 5.32 Å². The standard InChI is InChI=1S/C16H13Cl2FN2/c1-9-15(19)5-11(8-20)6-16(9)21-10(2)13-4-3-12(17)7-14(13)18/h3-7,10,21H,1-2H3. The smallest absolute Gasteiger partial charge is 0.129 e. The fourth-order valence-corrected chi connectivity index (χ4v) is 2.63. The molecule has 1 atom stereocenters. The molecule has 0 radical (unpaired) electrons. The predicted molar refractivity (Wildman–Crippen MR) is 84.4 cm³/mol. The molecule has 0 bridgehead atoms. The van der Waals surface area contributed by atoms with Crippen LogP contribution >= 0.6 is 23.2 Å². The van der Waals surface area contributed by atoms with Crippen LogP contribution in [-0.4, -0.2) is 0 Å². The molecule has 0 saturated heterocycles. The second-order valence-corrected chi connectivity index (χ2v) is 5.62. The Morgan fingerprint density at radius 3 is 2.57 bits per heavy atom. The molecule has 2 aromatic rings. The number of hydrogen-bond acceptors (Lipinski definition) is 2. The van der Waals surface area contributed by atoms with Gasteiger partial charge < -0.3 is 5.32 Å². The predicted octanol–water partition coefficient (Wildman–Crippen LogP) is 5.49. The largest absolute Gasteiger partial charge is 0.378 e. The molecule has 0 amide bonds. The minimum Gasteiger partial charge on any atom is -0.378 e. The van der Waals surface area contributed by atoms with Crippen molar-refractivity contribution in [3.8, 4) is 6.07 Å². The van der Waals surface area contributed by atoms with Crippen LogP contribution in [0.1, 0.15) is 29.7 Å². The molecular weight excluding hydrogens is 310 g/mol. The number of nitrogens with one attached hydrogen (secondary N) is 1. The summed E-state index contributed by atoms with van der Waals surface area (Å²) in [5.74, 6) is -0.411. The summed E-state index contributed by atoms with van der Waals surface area (Å²) in [6.07, 6.45) is 0. The summed E-state index contributed by atoms with van der Waals surface area (Å²) in [5, 5.41) is 13.2. The summed E-state index contributed by atoms with van der Waals surface area (Å²) in [6, 6.07) is 9.87. The lowest BCUT2D eigenvalue weighted by molar-refractivity contribution is 0.618. The number of hydrogen-bond donors (Lipinski definition) is 1. The average Bonchev–Trinajstić information content (AvgIpc) is 2.43. The molecule has 2 nitrogen and oxygen atoms in total. The van der Waals surface area contributed by atoms with E-state index in [1.165, 1.54) is 6.07 Å². The van der Waals surface area contributed by atoms with Gasteiger partial charge in [0.25, 0.3) is 0 Å². The van der Waals surface area contributed by atoms with Gasteiger partial charge in [0, 0.05) is 21.3 Å². The van der Waals surface area contributed by atoms with Gasteiger partial charge in [-0.05, 0) is 43.7 Å². The van der Waals surface area contributed by atoms with E-state index in [4.69, 9.17) is 28.5 Å². The molecule has 0 saturated carbocycles. The number of benzene rings is 2. The second kappa shape index (κ2) is 6.34. The highest BCUT2D eigenvalue weighted by molar-refractivity contribution is 6.35. The Balaban J connectivity index is 2.33. The lowest BCUT2D eigenvalue weighted by Crippen LogP contribution is -2.09. The molecule has 108 valence electrons. The van der Waals surface area contributed by atoms with Gasteiger partial charge >= 0.3 is 0 Å². The van der Waals surface area contributed by atoms with Crippen LogP contribution in [0.4, 0.5) is 10.1 Å². The summed E-state index contributed by atoms with van der Waals surface area (Å²) in [7, 11) is 0. The average molecular weight is 323 g/mol. The molecule has 2 rings (SSSR count). The third kappa shape index (κ3) is 3.47. The van der Waals surface area contributed by atoms with Gasteiger partial charge in [-0.1, -0.05) is 29.3 Å². The van der Waals surface area contributed by atoms with Gasteiger partial charge in [-0.2, -0.15) is 5.26 Å². The third-order valence-corrected chi connectivity index (χ3v) is 3.84. The van der Waals surface area contributed by atoms with Gasteiger partial charge in [0.05, 0.1) is 17.7 Å². The van der Waals surface area contributed by atoms with E-state index in [1.54, 1.807) is 25.1 Å². The minimum atomic E-state index is -0.411. The summed E-state index contributed by atoms with van der Waals surface area (Å²) in [6.45, 7) is 3.57. The topological polar surface area (TPSA) is 35.8 Å². The van der Waals surface area contributed by atoms with Gasteiger partial charge in [-0.25, -0.2) is 4.39 Å². The lowest BCUT2D eigenvalue weighted by Gasteiger charge is -2.19. The molecule has 21 heavy (non-hydrogen) atoms. The van der Waals surface area contributed by atoms with Gasteiger partial charge in [0.15, 0.2) is 0 Å². The number of nitrogens with zero attached hydrogens (tertiary/aromatic N) is 1. The Kier molecular flexibility index (Phi) is 4.72. The van der Waals surface area contributed by atoms with Crippen LogP contribution in [0.5, 0.6) is 0 Å². The van der Waals surface area contributed by atoms with Crippen LogP contribution < -0.4 is 5.32 Å². The summed E-state index contributed by atoms with van der Waals surface area (Å²) in [4.78, 5) is 0. The van der Waals surface area contributed by atoms with Crippen molar-refractivity contribution in [1.82, 2.24) is 0 Å². The second-order valence-electron chi connectivity index (χ2n) is 4.77. The highest BCUT2D eigenvalue weighted by Gasteiger charge is 2.13. The van der Waals surface area contributed by atoms with Crippen molar-refractivity contribution in [1.29, 1.82) is 5.26 Å². The van der Waals surface area contributed by atoms with Crippen molar-refractivity contribution < 1.29 is 4.39 Å². The first-order chi connectivity index (χ1) is 9.92. The summed E-state index contributed by atoms with van der Waals surface area (Å²) < 4.78 is 13.8. The Labute approximate surface area is 133 Å². The highest BCUT2D eigenvalue weighted by Crippen LogP contribution is 2.30. The van der Waals surface area contributed by atoms with Crippen molar-refractivity contribution >= 4 is 28.9 Å². The molecule has 0 aliphatic carbocycles. The molecular formula is C16H13Cl2FN2. The van der Waals surface area contributed by atoms with Crippen molar-refractivity contribution in [2.75, 3.05) is 5.32 Å². The van der Waals surface area contributed by atoms with E-state index in [-0.39, 0.29) is 11.6 Å². The fourth-order valence-electron chi connectivity index (χ4n) is 2.06. The van der Waals surface area contributed by atoms with Gasteiger partial charge in [-0.15, -0.1) is 0 Å². The number of nitriles is 1. The molecule has 0 heterocycles. The van der Waals surface area contributed by atoms with Crippen LogP contribution in [-0.2, 0) is 0 Å². The van der Waals surface area contributed by atoms with Gasteiger partial charge in [0.1, 0.15) is 5.82 Å². The van der Waals surface area contributed by atoms with E-state index < -0.39 is 5.82 Å². The van der Waals surface area contributed by atoms with Gasteiger partial charge in [-0.3, -0.25) is 0 Å². The highest BCUT2D eigenvalue weighted by atomic mass is 35.5. The Hall–Kier alpha value is -1.76. The molecule has 1 unspecified atom stereocenters. The lowest BCUT2D eigenvalue weighted by atomic mass is 10.1. The third-order valence-electron chi connectivity index (χ3n) is 3.27. The first-order valence-electron chi connectivity index (χ1n) is 6.34. The molecule has 0 aliphatic heterocycles.